The van der Waals surface area contributed by atoms with Crippen molar-refractivity contribution < 1.29 is 4.74 Å². The smallest absolute Gasteiger partial charge is 0.0632 e. The van der Waals surface area contributed by atoms with E-state index >= 15 is 0 Å². The Morgan fingerprint density at radius 1 is 1.13 bits per heavy atom. The molecule has 0 aliphatic carbocycles. The molecule has 0 saturated carbocycles. The number of rotatable bonds is 6. The largest absolute Gasteiger partial charge is 0.376 e. The van der Waals surface area contributed by atoms with E-state index < -0.39 is 0 Å². The minimum atomic E-state index is 0.00635. The van der Waals surface area contributed by atoms with Gasteiger partial charge in [0.2, 0.25) is 0 Å². The molecule has 128 valence electrons. The van der Waals surface area contributed by atoms with Gasteiger partial charge >= 0.3 is 0 Å². The first-order valence-corrected chi connectivity index (χ1v) is 9.18. The first-order valence-electron chi connectivity index (χ1n) is 9.18. The molecule has 2 aliphatic heterocycles. The van der Waals surface area contributed by atoms with Gasteiger partial charge in [0.05, 0.1) is 5.60 Å². The molecule has 2 saturated heterocycles. The van der Waals surface area contributed by atoms with Gasteiger partial charge in [0.25, 0.3) is 0 Å². The van der Waals surface area contributed by atoms with Crippen molar-refractivity contribution in [2.75, 3.05) is 32.8 Å². The zero-order valence-corrected chi connectivity index (χ0v) is 14.8. The molecule has 0 amide bonds. The van der Waals surface area contributed by atoms with Crippen LogP contribution in [0.4, 0.5) is 0 Å². The van der Waals surface area contributed by atoms with E-state index in [0.717, 1.165) is 26.1 Å². The third kappa shape index (κ3) is 4.79. The fourth-order valence-corrected chi connectivity index (χ4v) is 4.41. The van der Waals surface area contributed by atoms with Crippen molar-refractivity contribution >= 4 is 0 Å². The molecule has 1 aromatic rings. The van der Waals surface area contributed by atoms with Crippen molar-refractivity contribution in [1.29, 1.82) is 0 Å². The Hall–Kier alpha value is -0.900. The Kier molecular flexibility index (Phi) is 5.40. The van der Waals surface area contributed by atoms with Crippen LogP contribution < -0.4 is 5.32 Å². The zero-order chi connectivity index (χ0) is 16.2. The average molecular weight is 316 g/mol. The quantitative estimate of drug-likeness (QED) is 0.870. The van der Waals surface area contributed by atoms with Crippen LogP contribution >= 0.6 is 0 Å². The molecule has 1 N–H and O–H groups in total. The number of hydrogen-bond acceptors (Lipinski definition) is 3. The van der Waals surface area contributed by atoms with E-state index in [2.05, 4.69) is 54.4 Å². The summed E-state index contributed by atoms with van der Waals surface area (Å²) in [6.07, 6.45) is 5.06. The Balaban J connectivity index is 1.62. The highest BCUT2D eigenvalue weighted by Crippen LogP contribution is 2.39. The lowest BCUT2D eigenvalue weighted by molar-refractivity contribution is -0.110. The second-order valence-corrected chi connectivity index (χ2v) is 8.11. The lowest BCUT2D eigenvalue weighted by Gasteiger charge is -2.47. The monoisotopic (exact) mass is 316 g/mol. The summed E-state index contributed by atoms with van der Waals surface area (Å²) in [6, 6.07) is 10.7. The summed E-state index contributed by atoms with van der Waals surface area (Å²) in [5, 5.41) is 3.74. The van der Waals surface area contributed by atoms with Gasteiger partial charge in [-0.05, 0) is 58.2 Å². The molecule has 0 bridgehead atoms. The number of benzene rings is 1. The van der Waals surface area contributed by atoms with E-state index in [4.69, 9.17) is 4.74 Å². The van der Waals surface area contributed by atoms with Crippen molar-refractivity contribution in [2.24, 2.45) is 5.41 Å². The van der Waals surface area contributed by atoms with E-state index in [0.29, 0.717) is 5.41 Å². The fourth-order valence-electron chi connectivity index (χ4n) is 4.41. The molecular weight excluding hydrogens is 284 g/mol. The van der Waals surface area contributed by atoms with Crippen molar-refractivity contribution in [2.45, 2.75) is 51.7 Å². The van der Waals surface area contributed by atoms with E-state index in [1.54, 1.807) is 0 Å². The summed E-state index contributed by atoms with van der Waals surface area (Å²) in [4.78, 5) is 2.67. The Labute approximate surface area is 141 Å². The molecule has 3 rings (SSSR count). The van der Waals surface area contributed by atoms with E-state index in [9.17, 15) is 0 Å². The Bertz CT molecular complexity index is 482. The summed E-state index contributed by atoms with van der Waals surface area (Å²) >= 11 is 0. The highest BCUT2D eigenvalue weighted by atomic mass is 16.5. The minimum absolute atomic E-state index is 0.00635. The van der Waals surface area contributed by atoms with Crippen molar-refractivity contribution in [1.82, 2.24) is 10.2 Å². The van der Waals surface area contributed by atoms with E-state index in [1.807, 2.05) is 0 Å². The number of ether oxygens (including phenoxy) is 1. The van der Waals surface area contributed by atoms with Crippen molar-refractivity contribution in [3.63, 3.8) is 0 Å². The number of likely N-dealkylation sites (tertiary alicyclic amines) is 1. The highest BCUT2D eigenvalue weighted by Gasteiger charge is 2.41. The molecular formula is C20H32N2O. The van der Waals surface area contributed by atoms with Gasteiger partial charge in [0, 0.05) is 31.7 Å². The van der Waals surface area contributed by atoms with Gasteiger partial charge in [-0.15, -0.1) is 0 Å². The first-order chi connectivity index (χ1) is 11.1. The summed E-state index contributed by atoms with van der Waals surface area (Å²) in [6.45, 7) is 11.2. The van der Waals surface area contributed by atoms with Gasteiger partial charge < -0.3 is 15.0 Å². The van der Waals surface area contributed by atoms with Crippen LogP contribution in [0.25, 0.3) is 0 Å². The summed E-state index contributed by atoms with van der Waals surface area (Å²) < 4.78 is 6.00. The minimum Gasteiger partial charge on any atom is -0.376 e. The van der Waals surface area contributed by atoms with Crippen LogP contribution in [0, 0.1) is 5.41 Å². The van der Waals surface area contributed by atoms with E-state index in [1.165, 1.54) is 44.5 Å². The molecule has 3 nitrogen and oxygen atoms in total. The molecule has 2 aliphatic rings. The second-order valence-electron chi connectivity index (χ2n) is 8.11. The highest BCUT2D eigenvalue weighted by molar-refractivity contribution is 5.14. The van der Waals surface area contributed by atoms with Gasteiger partial charge in [-0.3, -0.25) is 0 Å². The molecule has 23 heavy (non-hydrogen) atoms. The predicted octanol–water partition coefficient (Wildman–Crippen LogP) is 3.45. The van der Waals surface area contributed by atoms with Gasteiger partial charge in [0.15, 0.2) is 0 Å². The van der Waals surface area contributed by atoms with Crippen LogP contribution in [0.3, 0.4) is 0 Å². The third-order valence-electron chi connectivity index (χ3n) is 5.36. The van der Waals surface area contributed by atoms with Gasteiger partial charge in [0.1, 0.15) is 0 Å². The molecule has 1 atom stereocenters. The van der Waals surface area contributed by atoms with Gasteiger partial charge in [-0.25, -0.2) is 0 Å². The summed E-state index contributed by atoms with van der Waals surface area (Å²) in [7, 11) is 0. The molecule has 0 spiro atoms. The van der Waals surface area contributed by atoms with Crippen molar-refractivity contribution in [3.05, 3.63) is 35.9 Å². The standard InChI is InChI=1S/C20H32N2O/c1-19(2)15-20(10-13-23-19,17-22-11-6-7-12-22)16-21-14-18-8-4-3-5-9-18/h3-5,8-9,21H,6-7,10-17H2,1-2H3/t20-/m1/s1. The molecule has 3 heteroatoms. The average Bonchev–Trinajstić information content (AvgIpc) is 3.00. The maximum Gasteiger partial charge on any atom is 0.0632 e. The normalized spacial score (nSPS) is 28.1. The van der Waals surface area contributed by atoms with Crippen LogP contribution in [-0.4, -0.2) is 43.3 Å². The van der Waals surface area contributed by atoms with Crippen LogP contribution in [0.15, 0.2) is 30.3 Å². The Morgan fingerprint density at radius 3 is 2.57 bits per heavy atom. The molecule has 2 fully saturated rings. The maximum atomic E-state index is 6.00. The van der Waals surface area contributed by atoms with Crippen molar-refractivity contribution in [3.8, 4) is 0 Å². The molecule has 0 aromatic heterocycles. The molecule has 0 radical (unpaired) electrons. The lowest BCUT2D eigenvalue weighted by Crippen LogP contribution is -2.51. The number of hydrogen-bond donors (Lipinski definition) is 1. The van der Waals surface area contributed by atoms with E-state index in [-0.39, 0.29) is 5.60 Å². The topological polar surface area (TPSA) is 24.5 Å². The van der Waals surface area contributed by atoms with Gasteiger partial charge in [-0.1, -0.05) is 30.3 Å². The lowest BCUT2D eigenvalue weighted by atomic mass is 9.73. The SMILES string of the molecule is CC1(C)C[C@](CNCc2ccccc2)(CN2CCCC2)CCO1. The molecule has 1 aromatic carbocycles. The summed E-state index contributed by atoms with van der Waals surface area (Å²) in [5.41, 5.74) is 1.72. The van der Waals surface area contributed by atoms with Crippen LogP contribution in [0.2, 0.25) is 0 Å². The van der Waals surface area contributed by atoms with Crippen LogP contribution in [0.5, 0.6) is 0 Å². The number of nitrogens with one attached hydrogen (secondary N) is 1. The predicted molar refractivity (Wildman–Crippen MR) is 95.5 cm³/mol. The maximum absolute atomic E-state index is 6.00. The fraction of sp³-hybridized carbons (Fsp3) is 0.700. The third-order valence-corrected chi connectivity index (χ3v) is 5.36. The van der Waals surface area contributed by atoms with Crippen LogP contribution in [0.1, 0.15) is 45.1 Å². The molecule has 2 heterocycles. The Morgan fingerprint density at radius 2 is 1.87 bits per heavy atom. The molecule has 0 unspecified atom stereocenters. The summed E-state index contributed by atoms with van der Waals surface area (Å²) in [5.74, 6) is 0. The number of nitrogens with zero attached hydrogens (tertiary/aromatic N) is 1. The van der Waals surface area contributed by atoms with Crippen LogP contribution in [-0.2, 0) is 11.3 Å². The zero-order valence-electron chi connectivity index (χ0n) is 14.8. The first kappa shape index (κ1) is 16.9. The van der Waals surface area contributed by atoms with Gasteiger partial charge in [-0.2, -0.15) is 0 Å². The second kappa shape index (κ2) is 7.33.